The van der Waals surface area contributed by atoms with Crippen LogP contribution in [0, 0.1) is 5.82 Å². The lowest BCUT2D eigenvalue weighted by Crippen LogP contribution is -1.99. The maximum absolute atomic E-state index is 13.5. The van der Waals surface area contributed by atoms with Gasteiger partial charge in [0.05, 0.1) is 16.7 Å². The molecule has 0 aliphatic heterocycles. The molecule has 0 radical (unpaired) electrons. The largest absolute Gasteiger partial charge is 0.335 e. The first kappa shape index (κ1) is 17.6. The van der Waals surface area contributed by atoms with E-state index >= 15 is 0 Å². The molecular weight excluding hydrogens is 405 g/mol. The molecule has 0 fully saturated rings. The fourth-order valence-corrected chi connectivity index (χ4v) is 3.57. The van der Waals surface area contributed by atoms with Gasteiger partial charge in [0.15, 0.2) is 0 Å². The van der Waals surface area contributed by atoms with Crippen molar-refractivity contribution in [3.05, 3.63) is 85.1 Å². The fraction of sp³-hybridized carbons (Fsp3) is 0.0909. The van der Waals surface area contributed by atoms with Crippen molar-refractivity contribution in [3.8, 4) is 22.4 Å². The van der Waals surface area contributed by atoms with Crippen LogP contribution >= 0.6 is 15.9 Å². The topological polar surface area (TPSA) is 30.7 Å². The Morgan fingerprint density at radius 3 is 2.44 bits per heavy atom. The van der Waals surface area contributed by atoms with Gasteiger partial charge in [-0.1, -0.05) is 40.2 Å². The van der Waals surface area contributed by atoms with Gasteiger partial charge in [0.2, 0.25) is 0 Å². The minimum Gasteiger partial charge on any atom is -0.335 e. The number of hydrogen-bond donors (Lipinski definition) is 0. The van der Waals surface area contributed by atoms with E-state index in [2.05, 4.69) is 48.7 Å². The maximum Gasteiger partial charge on any atom is 0.123 e. The molecular formula is C22H17BrFN3. The molecule has 4 aromatic rings. The Hall–Kier alpha value is -2.79. The van der Waals surface area contributed by atoms with E-state index in [9.17, 15) is 4.39 Å². The van der Waals surface area contributed by atoms with E-state index in [-0.39, 0.29) is 5.82 Å². The Morgan fingerprint density at radius 1 is 0.926 bits per heavy atom. The van der Waals surface area contributed by atoms with Crippen LogP contribution in [0.25, 0.3) is 33.4 Å². The van der Waals surface area contributed by atoms with E-state index in [4.69, 9.17) is 0 Å². The number of pyridine rings is 2. The molecule has 3 aromatic heterocycles. The number of halogens is 2. The van der Waals surface area contributed by atoms with E-state index in [0.717, 1.165) is 38.7 Å². The number of aromatic nitrogens is 3. The van der Waals surface area contributed by atoms with Gasteiger partial charge in [-0.05, 0) is 42.0 Å². The highest BCUT2D eigenvalue weighted by atomic mass is 79.9. The summed E-state index contributed by atoms with van der Waals surface area (Å²) in [6.45, 7) is 0.715. The van der Waals surface area contributed by atoms with Crippen molar-refractivity contribution >= 4 is 27.0 Å². The molecule has 0 saturated heterocycles. The average Bonchev–Trinajstić information content (AvgIpc) is 3.04. The molecule has 0 aliphatic rings. The molecule has 3 nitrogen and oxygen atoms in total. The first-order chi connectivity index (χ1) is 13.3. The van der Waals surface area contributed by atoms with Crippen molar-refractivity contribution < 1.29 is 4.39 Å². The maximum atomic E-state index is 13.5. The van der Waals surface area contributed by atoms with Crippen LogP contribution in [0.2, 0.25) is 0 Å². The van der Waals surface area contributed by atoms with E-state index in [1.807, 2.05) is 30.3 Å². The summed E-state index contributed by atoms with van der Waals surface area (Å²) in [6.07, 6.45) is 9.57. The van der Waals surface area contributed by atoms with Gasteiger partial charge in [-0.2, -0.15) is 0 Å². The molecule has 0 unspecified atom stereocenters. The summed E-state index contributed by atoms with van der Waals surface area (Å²) in [5.74, 6) is -0.249. The second-order valence-electron chi connectivity index (χ2n) is 6.07. The Balaban J connectivity index is 2.05. The van der Waals surface area contributed by atoms with Crippen LogP contribution in [0.4, 0.5) is 4.39 Å². The molecule has 134 valence electrons. The molecule has 0 aliphatic carbocycles. The van der Waals surface area contributed by atoms with Gasteiger partial charge in [-0.15, -0.1) is 0 Å². The number of nitrogens with zero attached hydrogens (tertiary/aromatic N) is 3. The molecule has 27 heavy (non-hydrogen) atoms. The van der Waals surface area contributed by atoms with Gasteiger partial charge < -0.3 is 4.57 Å². The molecule has 0 N–H and O–H groups in total. The lowest BCUT2D eigenvalue weighted by atomic mass is 10.0. The van der Waals surface area contributed by atoms with Crippen molar-refractivity contribution in [3.63, 3.8) is 0 Å². The van der Waals surface area contributed by atoms with Gasteiger partial charge in [-0.25, -0.2) is 4.39 Å². The summed E-state index contributed by atoms with van der Waals surface area (Å²) in [7, 11) is 0. The van der Waals surface area contributed by atoms with Crippen molar-refractivity contribution in [2.45, 2.75) is 6.54 Å². The smallest absolute Gasteiger partial charge is 0.123 e. The van der Waals surface area contributed by atoms with Crippen LogP contribution in [0.15, 0.2) is 79.3 Å². The third-order valence-electron chi connectivity index (χ3n) is 4.45. The average molecular weight is 422 g/mol. The van der Waals surface area contributed by atoms with Crippen molar-refractivity contribution in [2.75, 3.05) is 5.33 Å². The summed E-state index contributed by atoms with van der Waals surface area (Å²) < 4.78 is 15.8. The monoisotopic (exact) mass is 421 g/mol. The fourth-order valence-electron chi connectivity index (χ4n) is 3.31. The van der Waals surface area contributed by atoms with E-state index in [1.54, 1.807) is 18.6 Å². The molecule has 5 heteroatoms. The van der Waals surface area contributed by atoms with Crippen LogP contribution in [0.3, 0.4) is 0 Å². The molecule has 0 spiro atoms. The zero-order chi connectivity index (χ0) is 18.6. The minimum atomic E-state index is -0.249. The zero-order valence-corrected chi connectivity index (χ0v) is 16.1. The summed E-state index contributed by atoms with van der Waals surface area (Å²) in [4.78, 5) is 8.80. The Bertz CT molecular complexity index is 1090. The summed E-state index contributed by atoms with van der Waals surface area (Å²) in [5, 5.41) is 0.805. The lowest BCUT2D eigenvalue weighted by Gasteiger charge is -2.11. The van der Waals surface area contributed by atoms with Gasteiger partial charge in [-0.3, -0.25) is 9.97 Å². The molecule has 1 aromatic carbocycles. The van der Waals surface area contributed by atoms with Gasteiger partial charge in [0, 0.05) is 41.6 Å². The second kappa shape index (κ2) is 7.84. The Labute approximate surface area is 165 Å². The van der Waals surface area contributed by atoms with Gasteiger partial charge in [0.1, 0.15) is 5.82 Å². The van der Waals surface area contributed by atoms with Crippen LogP contribution < -0.4 is 0 Å². The standard InChI is InChI=1S/C22H17BrFN3/c23-11-1-2-15-27-19-4-3-12-26-21(19)20(16-5-7-18(24)8-6-16)22(27)17-9-13-25-14-10-17/h1-10,12-14H,11,15H2/b2-1+. The number of rotatable bonds is 5. The molecule has 0 amide bonds. The van der Waals surface area contributed by atoms with Crippen LogP contribution in [-0.2, 0) is 6.54 Å². The number of allylic oxidation sites excluding steroid dienone is 2. The first-order valence-electron chi connectivity index (χ1n) is 8.64. The van der Waals surface area contributed by atoms with Crippen LogP contribution in [-0.4, -0.2) is 19.9 Å². The number of hydrogen-bond acceptors (Lipinski definition) is 2. The van der Waals surface area contributed by atoms with Gasteiger partial charge in [0.25, 0.3) is 0 Å². The quantitative estimate of drug-likeness (QED) is 0.298. The van der Waals surface area contributed by atoms with Crippen molar-refractivity contribution in [1.29, 1.82) is 0 Å². The minimum absolute atomic E-state index is 0.249. The van der Waals surface area contributed by atoms with Gasteiger partial charge >= 0.3 is 0 Å². The SMILES string of the molecule is Fc1ccc(-c2c(-c3ccncc3)n(C/C=C/CBr)c3cccnc23)cc1. The molecule has 3 heterocycles. The van der Waals surface area contributed by atoms with Crippen molar-refractivity contribution in [1.82, 2.24) is 14.5 Å². The summed E-state index contributed by atoms with van der Waals surface area (Å²) in [5.41, 5.74) is 6.00. The molecule has 0 bridgehead atoms. The summed E-state index contributed by atoms with van der Waals surface area (Å²) >= 11 is 3.43. The Morgan fingerprint density at radius 2 is 1.70 bits per heavy atom. The molecule has 0 saturated carbocycles. The normalized spacial score (nSPS) is 11.5. The van der Waals surface area contributed by atoms with Crippen LogP contribution in [0.5, 0.6) is 0 Å². The van der Waals surface area contributed by atoms with Crippen molar-refractivity contribution in [2.24, 2.45) is 0 Å². The van der Waals surface area contributed by atoms with E-state index < -0.39 is 0 Å². The number of benzene rings is 1. The summed E-state index contributed by atoms with van der Waals surface area (Å²) in [6, 6.07) is 14.6. The molecule has 0 atom stereocenters. The molecule has 4 rings (SSSR count). The highest BCUT2D eigenvalue weighted by molar-refractivity contribution is 9.09. The van der Waals surface area contributed by atoms with E-state index in [1.165, 1.54) is 12.1 Å². The predicted molar refractivity (Wildman–Crippen MR) is 111 cm³/mol. The zero-order valence-electron chi connectivity index (χ0n) is 14.5. The van der Waals surface area contributed by atoms with Crippen LogP contribution in [0.1, 0.15) is 0 Å². The highest BCUT2D eigenvalue weighted by Crippen LogP contribution is 2.39. The lowest BCUT2D eigenvalue weighted by molar-refractivity contribution is 0.628. The third-order valence-corrected chi connectivity index (χ3v) is 4.82. The number of alkyl halides is 1. The first-order valence-corrected chi connectivity index (χ1v) is 9.76. The number of fused-ring (bicyclic) bond motifs is 1. The predicted octanol–water partition coefficient (Wildman–Crippen LogP) is 5.86. The third kappa shape index (κ3) is 3.43. The Kier molecular flexibility index (Phi) is 5.12. The highest BCUT2D eigenvalue weighted by Gasteiger charge is 2.20. The second-order valence-corrected chi connectivity index (χ2v) is 6.72. The van der Waals surface area contributed by atoms with E-state index in [0.29, 0.717) is 6.54 Å².